The number of ether oxygens (including phenoxy) is 1. The van der Waals surface area contributed by atoms with Crippen LogP contribution in [0, 0.1) is 13.8 Å². The third-order valence-electron chi connectivity index (χ3n) is 5.53. The lowest BCUT2D eigenvalue weighted by molar-refractivity contribution is -0.112. The standard InChI is InChI=1S/C25H24N2O4S2/c1-15-5-4-6-16(2)19(15)14-33(29,30)18-8-10-23-21(13-18)27-25(28)24(32-23)12-17-7-9-22(31-3)20(26)11-17/h4-13H,14,26H2,1-3H3,(H,27,28)/b24-12+. The zero-order valence-electron chi connectivity index (χ0n) is 18.5. The minimum atomic E-state index is -3.58. The van der Waals surface area contributed by atoms with Crippen molar-refractivity contribution in [3.63, 3.8) is 0 Å². The number of aryl methyl sites for hydroxylation is 2. The van der Waals surface area contributed by atoms with Gasteiger partial charge in [0.1, 0.15) is 5.75 Å². The maximum atomic E-state index is 13.1. The van der Waals surface area contributed by atoms with Crippen molar-refractivity contribution in [3.05, 3.63) is 81.8 Å². The summed E-state index contributed by atoms with van der Waals surface area (Å²) in [5, 5.41) is 2.82. The van der Waals surface area contributed by atoms with Crippen molar-refractivity contribution in [2.24, 2.45) is 0 Å². The van der Waals surface area contributed by atoms with E-state index in [-0.39, 0.29) is 16.6 Å². The first-order valence-electron chi connectivity index (χ1n) is 10.2. The van der Waals surface area contributed by atoms with Gasteiger partial charge in [0.2, 0.25) is 0 Å². The number of amides is 1. The van der Waals surface area contributed by atoms with E-state index < -0.39 is 9.84 Å². The van der Waals surface area contributed by atoms with Crippen LogP contribution in [-0.4, -0.2) is 21.4 Å². The van der Waals surface area contributed by atoms with Gasteiger partial charge in [-0.1, -0.05) is 36.0 Å². The normalized spacial score (nSPS) is 14.6. The number of nitrogen functional groups attached to an aromatic ring is 1. The molecular weight excluding hydrogens is 456 g/mol. The summed E-state index contributed by atoms with van der Waals surface area (Å²) >= 11 is 1.29. The Bertz CT molecular complexity index is 1380. The van der Waals surface area contributed by atoms with Crippen LogP contribution in [0.1, 0.15) is 22.3 Å². The summed E-state index contributed by atoms with van der Waals surface area (Å²) in [6, 6.07) is 15.9. The summed E-state index contributed by atoms with van der Waals surface area (Å²) in [4.78, 5) is 14.1. The van der Waals surface area contributed by atoms with Crippen molar-refractivity contribution < 1.29 is 17.9 Å². The highest BCUT2D eigenvalue weighted by Crippen LogP contribution is 2.40. The van der Waals surface area contributed by atoms with E-state index in [0.717, 1.165) is 27.1 Å². The lowest BCUT2D eigenvalue weighted by atomic mass is 10.1. The van der Waals surface area contributed by atoms with Gasteiger partial charge in [-0.3, -0.25) is 4.79 Å². The van der Waals surface area contributed by atoms with Crippen molar-refractivity contribution in [1.82, 2.24) is 0 Å². The Labute approximate surface area is 197 Å². The summed E-state index contributed by atoms with van der Waals surface area (Å²) < 4.78 is 31.4. The van der Waals surface area contributed by atoms with E-state index >= 15 is 0 Å². The fourth-order valence-electron chi connectivity index (χ4n) is 3.68. The number of hydrogen-bond acceptors (Lipinski definition) is 6. The van der Waals surface area contributed by atoms with Crippen molar-refractivity contribution in [3.8, 4) is 5.75 Å². The van der Waals surface area contributed by atoms with Gasteiger partial charge in [0.25, 0.3) is 5.91 Å². The molecule has 0 unspecified atom stereocenters. The Hall–Kier alpha value is -3.23. The van der Waals surface area contributed by atoms with Gasteiger partial charge in [-0.05, 0) is 72.5 Å². The molecule has 3 N–H and O–H groups in total. The Kier molecular flexibility index (Phi) is 6.23. The number of hydrogen-bond donors (Lipinski definition) is 2. The highest BCUT2D eigenvalue weighted by atomic mass is 32.2. The van der Waals surface area contributed by atoms with Crippen molar-refractivity contribution >= 4 is 45.0 Å². The van der Waals surface area contributed by atoms with E-state index in [1.807, 2.05) is 38.1 Å². The number of sulfone groups is 1. The van der Waals surface area contributed by atoms with Crippen LogP contribution in [0.3, 0.4) is 0 Å². The smallest absolute Gasteiger partial charge is 0.262 e. The van der Waals surface area contributed by atoms with Crippen molar-refractivity contribution in [2.75, 3.05) is 18.2 Å². The topological polar surface area (TPSA) is 98.5 Å². The molecule has 0 spiro atoms. The number of nitrogens with two attached hydrogens (primary N) is 1. The molecule has 1 aliphatic rings. The number of carbonyl (C=O) groups is 1. The molecule has 1 heterocycles. The van der Waals surface area contributed by atoms with Gasteiger partial charge in [-0.15, -0.1) is 0 Å². The molecule has 0 aliphatic carbocycles. The third-order valence-corrected chi connectivity index (χ3v) is 8.27. The van der Waals surface area contributed by atoms with Crippen LogP contribution >= 0.6 is 11.8 Å². The number of anilines is 2. The van der Waals surface area contributed by atoms with Crippen LogP contribution in [-0.2, 0) is 20.4 Å². The third kappa shape index (κ3) is 4.77. The Balaban J connectivity index is 1.61. The molecule has 0 bridgehead atoms. The molecule has 33 heavy (non-hydrogen) atoms. The van der Waals surface area contributed by atoms with Gasteiger partial charge in [-0.25, -0.2) is 8.42 Å². The SMILES string of the molecule is COc1ccc(/C=C2/Sc3ccc(S(=O)(=O)Cc4c(C)cccc4C)cc3NC2=O)cc1N. The second-order valence-electron chi connectivity index (χ2n) is 7.85. The minimum absolute atomic E-state index is 0.0879. The predicted molar refractivity (Wildman–Crippen MR) is 133 cm³/mol. The average Bonchev–Trinajstić information content (AvgIpc) is 2.77. The fraction of sp³-hybridized carbons (Fsp3) is 0.160. The van der Waals surface area contributed by atoms with E-state index in [1.165, 1.54) is 17.8 Å². The number of benzene rings is 3. The van der Waals surface area contributed by atoms with E-state index in [2.05, 4.69) is 5.32 Å². The largest absolute Gasteiger partial charge is 0.495 e. The monoisotopic (exact) mass is 480 g/mol. The molecule has 3 aromatic rings. The van der Waals surface area contributed by atoms with E-state index in [4.69, 9.17) is 10.5 Å². The van der Waals surface area contributed by atoms with E-state index in [1.54, 1.807) is 37.5 Å². The van der Waals surface area contributed by atoms with Crippen LogP contribution in [0.15, 0.2) is 69.3 Å². The molecule has 0 atom stereocenters. The van der Waals surface area contributed by atoms with Crippen LogP contribution in [0.25, 0.3) is 6.08 Å². The van der Waals surface area contributed by atoms with Crippen LogP contribution < -0.4 is 15.8 Å². The number of rotatable bonds is 5. The lowest BCUT2D eigenvalue weighted by Crippen LogP contribution is -2.18. The van der Waals surface area contributed by atoms with Crippen molar-refractivity contribution in [2.45, 2.75) is 29.4 Å². The van der Waals surface area contributed by atoms with Crippen molar-refractivity contribution in [1.29, 1.82) is 0 Å². The molecule has 1 amide bonds. The molecule has 0 aromatic heterocycles. The quantitative estimate of drug-likeness (QED) is 0.396. The first-order valence-corrected chi connectivity index (χ1v) is 12.7. The molecule has 6 nitrogen and oxygen atoms in total. The summed E-state index contributed by atoms with van der Waals surface area (Å²) in [6.07, 6.45) is 1.74. The van der Waals surface area contributed by atoms with Crippen LogP contribution in [0.5, 0.6) is 5.75 Å². The van der Waals surface area contributed by atoms with Crippen LogP contribution in [0.2, 0.25) is 0 Å². The van der Waals surface area contributed by atoms with Crippen LogP contribution in [0.4, 0.5) is 11.4 Å². The van der Waals surface area contributed by atoms with Gasteiger partial charge >= 0.3 is 0 Å². The number of nitrogens with one attached hydrogen (secondary N) is 1. The molecule has 4 rings (SSSR count). The number of thioether (sulfide) groups is 1. The molecule has 0 saturated heterocycles. The lowest BCUT2D eigenvalue weighted by Gasteiger charge is -2.20. The molecule has 3 aromatic carbocycles. The molecule has 8 heteroatoms. The zero-order valence-corrected chi connectivity index (χ0v) is 20.1. The van der Waals surface area contributed by atoms with Gasteiger partial charge in [0.05, 0.1) is 34.0 Å². The molecule has 0 fully saturated rings. The Morgan fingerprint density at radius 1 is 1.06 bits per heavy atom. The predicted octanol–water partition coefficient (Wildman–Crippen LogP) is 4.95. The summed E-state index contributed by atoms with van der Waals surface area (Å²) in [7, 11) is -2.04. The summed E-state index contributed by atoms with van der Waals surface area (Å²) in [5.41, 5.74) is 10.4. The highest BCUT2D eigenvalue weighted by Gasteiger charge is 2.25. The molecular formula is C25H24N2O4S2. The Morgan fingerprint density at radius 2 is 1.79 bits per heavy atom. The van der Waals surface area contributed by atoms with Gasteiger partial charge in [-0.2, -0.15) is 0 Å². The number of carbonyl (C=O) groups excluding carboxylic acids is 1. The average molecular weight is 481 g/mol. The van der Waals surface area contributed by atoms with Gasteiger partial charge < -0.3 is 15.8 Å². The Morgan fingerprint density at radius 3 is 2.45 bits per heavy atom. The maximum Gasteiger partial charge on any atom is 0.262 e. The van der Waals surface area contributed by atoms with Gasteiger partial charge in [0.15, 0.2) is 9.84 Å². The molecule has 0 saturated carbocycles. The second kappa shape index (κ2) is 8.96. The minimum Gasteiger partial charge on any atom is -0.495 e. The number of fused-ring (bicyclic) bond motifs is 1. The van der Waals surface area contributed by atoms with E-state index in [0.29, 0.717) is 22.0 Å². The zero-order chi connectivity index (χ0) is 23.8. The number of methoxy groups -OCH3 is 1. The fourth-order valence-corrected chi connectivity index (χ4v) is 6.18. The highest BCUT2D eigenvalue weighted by molar-refractivity contribution is 8.04. The molecule has 0 radical (unpaired) electrons. The first-order chi connectivity index (χ1) is 15.7. The second-order valence-corrected chi connectivity index (χ2v) is 10.9. The maximum absolute atomic E-state index is 13.1. The van der Waals surface area contributed by atoms with Gasteiger partial charge in [0, 0.05) is 4.90 Å². The van der Waals surface area contributed by atoms with E-state index in [9.17, 15) is 13.2 Å². The molecule has 1 aliphatic heterocycles. The molecule has 170 valence electrons. The first kappa shape index (κ1) is 22.9. The summed E-state index contributed by atoms with van der Waals surface area (Å²) in [6.45, 7) is 3.82. The summed E-state index contributed by atoms with van der Waals surface area (Å²) in [5.74, 6) is 0.180.